The summed E-state index contributed by atoms with van der Waals surface area (Å²) >= 11 is 0. The van der Waals surface area contributed by atoms with E-state index in [4.69, 9.17) is 37.0 Å². The van der Waals surface area contributed by atoms with E-state index in [-0.39, 0.29) is 25.7 Å². The molecular weight excluding hydrogens is 1290 g/mol. The van der Waals surface area contributed by atoms with Gasteiger partial charge in [0.25, 0.3) is 0 Å². The molecule has 0 aromatic rings. The summed E-state index contributed by atoms with van der Waals surface area (Å²) in [5.41, 5.74) is 0. The highest BCUT2D eigenvalue weighted by atomic mass is 31.2. The van der Waals surface area contributed by atoms with Crippen LogP contribution < -0.4 is 0 Å². The van der Waals surface area contributed by atoms with Crippen LogP contribution in [-0.4, -0.2) is 96.7 Å². The minimum atomic E-state index is -4.96. The summed E-state index contributed by atoms with van der Waals surface area (Å²) in [4.78, 5) is 72.9. The topological polar surface area (TPSA) is 237 Å². The number of ether oxygens (including phenoxy) is 4. The molecule has 5 atom stereocenters. The van der Waals surface area contributed by atoms with E-state index in [9.17, 15) is 43.2 Å². The Hall–Kier alpha value is -1.94. The van der Waals surface area contributed by atoms with Gasteiger partial charge in [0.15, 0.2) is 12.2 Å². The Labute approximate surface area is 607 Å². The van der Waals surface area contributed by atoms with E-state index < -0.39 is 97.5 Å². The van der Waals surface area contributed by atoms with E-state index in [2.05, 4.69) is 41.5 Å². The molecule has 0 bridgehead atoms. The third-order valence-corrected chi connectivity index (χ3v) is 20.6. The molecule has 0 aromatic carbocycles. The largest absolute Gasteiger partial charge is 0.472 e. The van der Waals surface area contributed by atoms with Crippen molar-refractivity contribution in [3.63, 3.8) is 0 Å². The third kappa shape index (κ3) is 74.1. The monoisotopic (exact) mass is 1450 g/mol. The average molecular weight is 1450 g/mol. The number of esters is 4. The fraction of sp³-hybridized carbons (Fsp3) is 0.950. The van der Waals surface area contributed by atoms with Gasteiger partial charge in [-0.05, 0) is 37.5 Å². The van der Waals surface area contributed by atoms with Gasteiger partial charge in [-0.25, -0.2) is 9.13 Å². The molecule has 0 radical (unpaired) electrons. The lowest BCUT2D eigenvalue weighted by Gasteiger charge is -2.21. The number of unbranched alkanes of at least 4 members (excludes halogenated alkanes) is 49. The zero-order valence-corrected chi connectivity index (χ0v) is 66.6. The first-order valence-corrected chi connectivity index (χ1v) is 44.5. The third-order valence-electron chi connectivity index (χ3n) is 18.7. The normalized spacial score (nSPS) is 13.9. The van der Waals surface area contributed by atoms with Crippen LogP contribution >= 0.6 is 15.6 Å². The number of aliphatic hydroxyl groups is 1. The van der Waals surface area contributed by atoms with Gasteiger partial charge >= 0.3 is 39.5 Å². The van der Waals surface area contributed by atoms with E-state index in [0.717, 1.165) is 102 Å². The molecule has 99 heavy (non-hydrogen) atoms. The van der Waals surface area contributed by atoms with Gasteiger partial charge in [0.05, 0.1) is 26.4 Å². The molecule has 0 aliphatic heterocycles. The average Bonchev–Trinajstić information content (AvgIpc) is 1.13. The molecule has 0 rings (SSSR count). The fourth-order valence-corrected chi connectivity index (χ4v) is 13.9. The van der Waals surface area contributed by atoms with Gasteiger partial charge in [0, 0.05) is 25.7 Å². The standard InChI is InChI=1S/C80H156O17P2/c1-7-9-11-13-15-17-19-20-21-22-23-24-25-26-27-28-31-35-39-46-52-58-64-79(84)96-75(68-91-78(83)63-57-51-45-38-34-32-29-30-33-36-42-48-54-60-72(3)4)70-94-98(86,87)92-66-74(81)67-93-99(88,89)95-71-76(69-90-77(82)62-56-50-44-37-18-16-14-12-10-8-2)97-80(85)65-59-53-47-41-40-43-49-55-61-73(5)6/h72-76,81H,7-71H2,1-6H3,(H,86,87)(H,88,89)/t74-,75-,76-/m1/s1. The van der Waals surface area contributed by atoms with Crippen molar-refractivity contribution in [2.75, 3.05) is 39.6 Å². The molecule has 2 unspecified atom stereocenters. The summed E-state index contributed by atoms with van der Waals surface area (Å²) in [6.45, 7) is 9.59. The van der Waals surface area contributed by atoms with Gasteiger partial charge < -0.3 is 33.8 Å². The lowest BCUT2D eigenvalue weighted by Crippen LogP contribution is -2.30. The molecule has 0 aliphatic carbocycles. The molecule has 0 aromatic heterocycles. The van der Waals surface area contributed by atoms with Gasteiger partial charge in [-0.1, -0.05) is 369 Å². The van der Waals surface area contributed by atoms with Crippen molar-refractivity contribution in [2.24, 2.45) is 11.8 Å². The highest BCUT2D eigenvalue weighted by molar-refractivity contribution is 7.47. The Balaban J connectivity index is 5.19. The lowest BCUT2D eigenvalue weighted by atomic mass is 10.0. The first-order valence-electron chi connectivity index (χ1n) is 41.5. The summed E-state index contributed by atoms with van der Waals surface area (Å²) in [6, 6.07) is 0. The summed E-state index contributed by atoms with van der Waals surface area (Å²) in [6.07, 6.45) is 61.2. The second kappa shape index (κ2) is 71.7. The van der Waals surface area contributed by atoms with E-state index in [1.165, 1.54) is 238 Å². The van der Waals surface area contributed by atoms with Crippen LogP contribution in [-0.2, 0) is 65.4 Å². The molecule has 0 fully saturated rings. The first kappa shape index (κ1) is 97.1. The maximum absolute atomic E-state index is 13.1. The van der Waals surface area contributed by atoms with Gasteiger partial charge in [0.1, 0.15) is 19.3 Å². The van der Waals surface area contributed by atoms with Gasteiger partial charge in [-0.3, -0.25) is 37.3 Å². The summed E-state index contributed by atoms with van der Waals surface area (Å²) < 4.78 is 68.6. The van der Waals surface area contributed by atoms with Gasteiger partial charge in [-0.15, -0.1) is 0 Å². The molecule has 588 valence electrons. The quantitative estimate of drug-likeness (QED) is 0.0222. The van der Waals surface area contributed by atoms with Crippen molar-refractivity contribution >= 4 is 39.5 Å². The maximum Gasteiger partial charge on any atom is 0.472 e. The number of carbonyl (C=O) groups is 4. The van der Waals surface area contributed by atoms with Crippen molar-refractivity contribution < 1.29 is 80.2 Å². The van der Waals surface area contributed by atoms with Crippen LogP contribution in [0.15, 0.2) is 0 Å². The van der Waals surface area contributed by atoms with E-state index in [1.807, 2.05) is 0 Å². The zero-order chi connectivity index (χ0) is 72.8. The van der Waals surface area contributed by atoms with Crippen LogP contribution in [0.5, 0.6) is 0 Å². The summed E-state index contributed by atoms with van der Waals surface area (Å²) in [5.74, 6) is -0.604. The molecule has 3 N–H and O–H groups in total. The van der Waals surface area contributed by atoms with Crippen LogP contribution in [0.3, 0.4) is 0 Å². The molecule has 0 aliphatic rings. The second-order valence-corrected chi connectivity index (χ2v) is 32.7. The number of rotatable bonds is 79. The van der Waals surface area contributed by atoms with Crippen molar-refractivity contribution in [3.8, 4) is 0 Å². The molecule has 17 nitrogen and oxygen atoms in total. The van der Waals surface area contributed by atoms with Crippen LogP contribution in [0.25, 0.3) is 0 Å². The molecule has 0 saturated heterocycles. The Morgan fingerprint density at radius 1 is 0.273 bits per heavy atom. The number of hydrogen-bond acceptors (Lipinski definition) is 15. The van der Waals surface area contributed by atoms with Crippen LogP contribution in [0.4, 0.5) is 0 Å². The fourth-order valence-electron chi connectivity index (χ4n) is 12.4. The van der Waals surface area contributed by atoms with Crippen LogP contribution in [0.1, 0.15) is 420 Å². The van der Waals surface area contributed by atoms with Crippen molar-refractivity contribution in [1.29, 1.82) is 0 Å². The van der Waals surface area contributed by atoms with Gasteiger partial charge in [0.2, 0.25) is 0 Å². The molecule has 0 heterocycles. The van der Waals surface area contributed by atoms with Gasteiger partial charge in [-0.2, -0.15) is 0 Å². The summed E-state index contributed by atoms with van der Waals surface area (Å²) in [5, 5.41) is 10.6. The Morgan fingerprint density at radius 3 is 0.687 bits per heavy atom. The Morgan fingerprint density at radius 2 is 0.465 bits per heavy atom. The Kier molecular flexibility index (Phi) is 70.3. The highest BCUT2D eigenvalue weighted by Gasteiger charge is 2.30. The minimum Gasteiger partial charge on any atom is -0.462 e. The lowest BCUT2D eigenvalue weighted by molar-refractivity contribution is -0.161. The predicted octanol–water partition coefficient (Wildman–Crippen LogP) is 23.9. The number of phosphoric ester groups is 2. The smallest absolute Gasteiger partial charge is 0.462 e. The number of phosphoric acid groups is 2. The summed E-state index contributed by atoms with van der Waals surface area (Å²) in [7, 11) is -9.91. The SMILES string of the molecule is CCCCCCCCCCCCCCCCCCCCCCCCC(=O)O[C@H](COC(=O)CCCCCCCCCCCCCCCC(C)C)COP(=O)(O)OC[C@@H](O)COP(=O)(O)OC[C@@H](COC(=O)CCCCCCCCCCCC)OC(=O)CCCCCCCCCCC(C)C. The number of carbonyl (C=O) groups excluding carboxylic acids is 4. The Bertz CT molecular complexity index is 1910. The van der Waals surface area contributed by atoms with Crippen molar-refractivity contribution in [3.05, 3.63) is 0 Å². The number of hydrogen-bond donors (Lipinski definition) is 3. The zero-order valence-electron chi connectivity index (χ0n) is 64.8. The number of aliphatic hydroxyl groups excluding tert-OH is 1. The van der Waals surface area contributed by atoms with E-state index in [1.54, 1.807) is 0 Å². The molecular formula is C80H156O17P2. The molecule has 0 spiro atoms. The van der Waals surface area contributed by atoms with E-state index in [0.29, 0.717) is 25.7 Å². The van der Waals surface area contributed by atoms with Crippen LogP contribution in [0, 0.1) is 11.8 Å². The van der Waals surface area contributed by atoms with Crippen molar-refractivity contribution in [1.82, 2.24) is 0 Å². The maximum atomic E-state index is 13.1. The van der Waals surface area contributed by atoms with Crippen LogP contribution in [0.2, 0.25) is 0 Å². The molecule has 19 heteroatoms. The minimum absolute atomic E-state index is 0.105. The highest BCUT2D eigenvalue weighted by Crippen LogP contribution is 2.45. The molecule has 0 amide bonds. The first-order chi connectivity index (χ1) is 47.9. The van der Waals surface area contributed by atoms with Crippen molar-refractivity contribution in [2.45, 2.75) is 439 Å². The second-order valence-electron chi connectivity index (χ2n) is 29.8. The van der Waals surface area contributed by atoms with E-state index >= 15 is 0 Å². The predicted molar refractivity (Wildman–Crippen MR) is 405 cm³/mol. The molecule has 0 saturated carbocycles.